The van der Waals surface area contributed by atoms with Crippen LogP contribution >= 0.6 is 15.9 Å². The van der Waals surface area contributed by atoms with Crippen LogP contribution in [0.15, 0.2) is 41.0 Å². The smallest absolute Gasteiger partial charge is 0.170 e. The number of para-hydroxylation sites is 1. The molecule has 0 aliphatic heterocycles. The zero-order valence-corrected chi connectivity index (χ0v) is 11.3. The van der Waals surface area contributed by atoms with Gasteiger partial charge in [0.15, 0.2) is 11.5 Å². The van der Waals surface area contributed by atoms with E-state index in [2.05, 4.69) is 26.1 Å². The van der Waals surface area contributed by atoms with Crippen LogP contribution in [0.1, 0.15) is 5.56 Å². The largest absolute Gasteiger partial charge is 0.397 e. The summed E-state index contributed by atoms with van der Waals surface area (Å²) >= 11 is 3.42. The molecule has 0 saturated carbocycles. The van der Waals surface area contributed by atoms with Crippen LogP contribution in [0.25, 0.3) is 17.0 Å². The molecule has 0 bridgehead atoms. The number of anilines is 1. The van der Waals surface area contributed by atoms with Crippen molar-refractivity contribution in [2.45, 2.75) is 6.92 Å². The first-order valence-electron chi connectivity index (χ1n) is 5.52. The zero-order valence-electron chi connectivity index (χ0n) is 9.76. The molecule has 0 atom stereocenters. The molecule has 3 aromatic rings. The molecule has 5 heteroatoms. The number of rotatable bonds is 1. The molecule has 0 fully saturated rings. The summed E-state index contributed by atoms with van der Waals surface area (Å²) in [4.78, 5) is 0. The van der Waals surface area contributed by atoms with Crippen LogP contribution in [0.3, 0.4) is 0 Å². The van der Waals surface area contributed by atoms with Crippen molar-refractivity contribution in [2.75, 3.05) is 5.73 Å². The van der Waals surface area contributed by atoms with Gasteiger partial charge in [0.05, 0.1) is 5.69 Å². The predicted octanol–water partition coefficient (Wildman–Crippen LogP) is 3.05. The number of nitrogens with two attached hydrogens (primary N) is 1. The second kappa shape index (κ2) is 4.10. The van der Waals surface area contributed by atoms with Crippen molar-refractivity contribution in [3.8, 4) is 11.4 Å². The van der Waals surface area contributed by atoms with Crippen LogP contribution in [0.2, 0.25) is 0 Å². The molecule has 2 N–H and O–H groups in total. The quantitative estimate of drug-likeness (QED) is 0.703. The van der Waals surface area contributed by atoms with Crippen molar-refractivity contribution in [1.29, 1.82) is 0 Å². The first-order valence-corrected chi connectivity index (χ1v) is 6.32. The molecule has 0 unspecified atom stereocenters. The molecule has 0 radical (unpaired) electrons. The van der Waals surface area contributed by atoms with E-state index in [1.807, 2.05) is 47.9 Å². The van der Waals surface area contributed by atoms with Gasteiger partial charge in [-0.1, -0.05) is 6.07 Å². The Kier molecular flexibility index (Phi) is 2.56. The van der Waals surface area contributed by atoms with Crippen LogP contribution < -0.4 is 5.73 Å². The Labute approximate surface area is 113 Å². The number of fused-ring (bicyclic) bond motifs is 1. The minimum absolute atomic E-state index is 0.673. The van der Waals surface area contributed by atoms with Crippen LogP contribution in [-0.4, -0.2) is 14.6 Å². The number of nitrogens with zero attached hydrogens (tertiary/aromatic N) is 3. The van der Waals surface area contributed by atoms with Gasteiger partial charge in [0.25, 0.3) is 0 Å². The maximum atomic E-state index is 6.07. The number of nitrogen functional groups attached to an aromatic ring is 1. The van der Waals surface area contributed by atoms with Crippen molar-refractivity contribution in [3.05, 3.63) is 46.6 Å². The van der Waals surface area contributed by atoms with Gasteiger partial charge in [-0.05, 0) is 52.7 Å². The van der Waals surface area contributed by atoms with Crippen molar-refractivity contribution >= 4 is 27.3 Å². The van der Waals surface area contributed by atoms with E-state index in [4.69, 9.17) is 5.73 Å². The Morgan fingerprint density at radius 1 is 1.22 bits per heavy atom. The molecule has 0 amide bonds. The van der Waals surface area contributed by atoms with Crippen molar-refractivity contribution in [2.24, 2.45) is 0 Å². The molecule has 0 aliphatic rings. The normalized spacial score (nSPS) is 11.0. The lowest BCUT2D eigenvalue weighted by molar-refractivity contribution is 1.11. The number of aryl methyl sites for hydroxylation is 1. The monoisotopic (exact) mass is 302 g/mol. The van der Waals surface area contributed by atoms with E-state index in [0.717, 1.165) is 27.1 Å². The molecule has 3 rings (SSSR count). The fourth-order valence-corrected chi connectivity index (χ4v) is 2.27. The fraction of sp³-hybridized carbons (Fsp3) is 0.0769. The highest BCUT2D eigenvalue weighted by atomic mass is 79.9. The van der Waals surface area contributed by atoms with Gasteiger partial charge < -0.3 is 5.73 Å². The molecule has 1 aromatic carbocycles. The van der Waals surface area contributed by atoms with Gasteiger partial charge in [-0.25, -0.2) is 0 Å². The number of benzene rings is 1. The molecular formula is C13H11BrN4. The minimum Gasteiger partial charge on any atom is -0.397 e. The van der Waals surface area contributed by atoms with Gasteiger partial charge in [0, 0.05) is 16.2 Å². The Morgan fingerprint density at radius 2 is 2.06 bits per heavy atom. The highest BCUT2D eigenvalue weighted by Crippen LogP contribution is 2.30. The SMILES string of the molecule is Cc1ccn2c(-c3cccc(Br)c3N)nnc2c1. The molecule has 90 valence electrons. The van der Waals surface area contributed by atoms with Gasteiger partial charge in [-0.2, -0.15) is 0 Å². The molecule has 0 aliphatic carbocycles. The van der Waals surface area contributed by atoms with E-state index in [1.165, 1.54) is 0 Å². The van der Waals surface area contributed by atoms with Gasteiger partial charge in [0.2, 0.25) is 0 Å². The summed E-state index contributed by atoms with van der Waals surface area (Å²) in [5, 5.41) is 8.39. The van der Waals surface area contributed by atoms with Gasteiger partial charge in [0.1, 0.15) is 0 Å². The summed E-state index contributed by atoms with van der Waals surface area (Å²) < 4.78 is 2.80. The maximum absolute atomic E-state index is 6.07. The fourth-order valence-electron chi connectivity index (χ4n) is 1.91. The number of halogens is 1. The Hall–Kier alpha value is -1.88. The van der Waals surface area contributed by atoms with Crippen molar-refractivity contribution < 1.29 is 0 Å². The average molecular weight is 303 g/mol. The molecule has 0 spiro atoms. The second-order valence-electron chi connectivity index (χ2n) is 4.16. The molecule has 0 saturated heterocycles. The van der Waals surface area contributed by atoms with E-state index in [9.17, 15) is 0 Å². The van der Waals surface area contributed by atoms with Gasteiger partial charge >= 0.3 is 0 Å². The molecule has 18 heavy (non-hydrogen) atoms. The lowest BCUT2D eigenvalue weighted by Crippen LogP contribution is -1.95. The van der Waals surface area contributed by atoms with Crippen LogP contribution in [-0.2, 0) is 0 Å². The van der Waals surface area contributed by atoms with Crippen LogP contribution in [0.4, 0.5) is 5.69 Å². The Morgan fingerprint density at radius 3 is 2.89 bits per heavy atom. The maximum Gasteiger partial charge on any atom is 0.170 e. The molecule has 2 heterocycles. The van der Waals surface area contributed by atoms with Crippen LogP contribution in [0.5, 0.6) is 0 Å². The third-order valence-electron chi connectivity index (χ3n) is 2.86. The zero-order chi connectivity index (χ0) is 12.7. The molecular weight excluding hydrogens is 292 g/mol. The van der Waals surface area contributed by atoms with E-state index < -0.39 is 0 Å². The second-order valence-corrected chi connectivity index (χ2v) is 5.01. The lowest BCUT2D eigenvalue weighted by Gasteiger charge is -2.05. The number of pyridine rings is 1. The number of aromatic nitrogens is 3. The standard InChI is InChI=1S/C13H11BrN4/c1-8-5-6-18-11(7-8)16-17-13(18)9-3-2-4-10(14)12(9)15/h2-7H,15H2,1H3. The van der Waals surface area contributed by atoms with E-state index in [-0.39, 0.29) is 0 Å². The van der Waals surface area contributed by atoms with E-state index in [0.29, 0.717) is 5.69 Å². The van der Waals surface area contributed by atoms with Crippen molar-refractivity contribution in [3.63, 3.8) is 0 Å². The summed E-state index contributed by atoms with van der Waals surface area (Å²) in [6.07, 6.45) is 1.96. The highest BCUT2D eigenvalue weighted by molar-refractivity contribution is 9.10. The highest BCUT2D eigenvalue weighted by Gasteiger charge is 2.12. The third-order valence-corrected chi connectivity index (χ3v) is 3.55. The summed E-state index contributed by atoms with van der Waals surface area (Å²) in [6.45, 7) is 2.03. The first-order chi connectivity index (χ1) is 8.66. The molecule has 4 nitrogen and oxygen atoms in total. The van der Waals surface area contributed by atoms with Crippen LogP contribution in [0, 0.1) is 6.92 Å². The lowest BCUT2D eigenvalue weighted by atomic mass is 10.1. The summed E-state index contributed by atoms with van der Waals surface area (Å²) in [5.41, 5.74) is 9.60. The molecule has 2 aromatic heterocycles. The van der Waals surface area contributed by atoms with E-state index in [1.54, 1.807) is 0 Å². The van der Waals surface area contributed by atoms with Gasteiger partial charge in [-0.3, -0.25) is 4.40 Å². The number of hydrogen-bond acceptors (Lipinski definition) is 3. The number of hydrogen-bond donors (Lipinski definition) is 1. The summed E-state index contributed by atoms with van der Waals surface area (Å²) in [5.74, 6) is 0.754. The Balaban J connectivity index is 2.29. The topological polar surface area (TPSA) is 56.2 Å². The minimum atomic E-state index is 0.673. The third kappa shape index (κ3) is 1.67. The van der Waals surface area contributed by atoms with Gasteiger partial charge in [-0.15, -0.1) is 10.2 Å². The first kappa shape index (κ1) is 11.2. The summed E-state index contributed by atoms with van der Waals surface area (Å²) in [7, 11) is 0. The van der Waals surface area contributed by atoms with Crippen molar-refractivity contribution in [1.82, 2.24) is 14.6 Å². The van der Waals surface area contributed by atoms with E-state index >= 15 is 0 Å². The predicted molar refractivity (Wildman–Crippen MR) is 75.3 cm³/mol. The average Bonchev–Trinajstić information content (AvgIpc) is 2.75. The summed E-state index contributed by atoms with van der Waals surface area (Å²) in [6, 6.07) is 9.80. The Bertz CT molecular complexity index is 733.